The first-order valence-corrected chi connectivity index (χ1v) is 10.8. The second-order valence-corrected chi connectivity index (χ2v) is 7.84. The van der Waals surface area contributed by atoms with Crippen LogP contribution in [0.3, 0.4) is 0 Å². The van der Waals surface area contributed by atoms with Gasteiger partial charge in [0.15, 0.2) is 5.82 Å². The van der Waals surface area contributed by atoms with Crippen molar-refractivity contribution in [3.05, 3.63) is 35.5 Å². The maximum Gasteiger partial charge on any atom is 0.222 e. The lowest BCUT2D eigenvalue weighted by atomic mass is 9.89. The van der Waals surface area contributed by atoms with Crippen LogP contribution in [0.2, 0.25) is 0 Å². The highest BCUT2D eigenvalue weighted by Crippen LogP contribution is 2.31. The first-order chi connectivity index (χ1) is 14.7. The number of aromatic nitrogens is 4. The fourth-order valence-electron chi connectivity index (χ4n) is 4.11. The molecule has 1 aliphatic rings. The molecule has 1 aliphatic heterocycles. The molecule has 8 nitrogen and oxygen atoms in total. The van der Waals surface area contributed by atoms with Crippen molar-refractivity contribution in [1.29, 1.82) is 0 Å². The number of benzene rings is 1. The van der Waals surface area contributed by atoms with Crippen molar-refractivity contribution in [2.75, 3.05) is 37.8 Å². The number of nitrogen functional groups attached to an aromatic ring is 1. The van der Waals surface area contributed by atoms with Gasteiger partial charge in [0.1, 0.15) is 16.8 Å². The molecule has 0 amide bonds. The topological polar surface area (TPSA) is 103 Å². The van der Waals surface area contributed by atoms with E-state index in [1.165, 1.54) is 5.56 Å². The molecule has 1 aromatic carbocycles. The molecule has 4 rings (SSSR count). The van der Waals surface area contributed by atoms with Crippen LogP contribution in [-0.2, 0) is 6.54 Å². The molecular weight excluding hydrogens is 378 g/mol. The van der Waals surface area contributed by atoms with Gasteiger partial charge in [-0.15, -0.1) is 0 Å². The normalized spacial score (nSPS) is 14.9. The Bertz CT molecular complexity index is 995. The van der Waals surface area contributed by atoms with E-state index in [4.69, 9.17) is 10.5 Å². The maximum absolute atomic E-state index is 5.90. The Kier molecular flexibility index (Phi) is 6.32. The van der Waals surface area contributed by atoms with E-state index in [1.54, 1.807) is 13.3 Å². The van der Waals surface area contributed by atoms with E-state index in [-0.39, 0.29) is 5.95 Å². The Morgan fingerprint density at radius 1 is 1.27 bits per heavy atom. The summed E-state index contributed by atoms with van der Waals surface area (Å²) in [4.78, 5) is 8.77. The van der Waals surface area contributed by atoms with Crippen LogP contribution in [-0.4, -0.2) is 46.5 Å². The molecule has 0 aliphatic carbocycles. The number of piperidine rings is 1. The van der Waals surface area contributed by atoms with Crippen molar-refractivity contribution >= 4 is 22.8 Å². The number of anilines is 2. The van der Waals surface area contributed by atoms with Gasteiger partial charge in [0.05, 0.1) is 19.9 Å². The zero-order chi connectivity index (χ0) is 20.9. The quantitative estimate of drug-likeness (QED) is 0.491. The summed E-state index contributed by atoms with van der Waals surface area (Å²) >= 11 is 0. The van der Waals surface area contributed by atoms with Gasteiger partial charge in [-0.1, -0.05) is 25.5 Å². The number of ether oxygens (including phenoxy) is 1. The second kappa shape index (κ2) is 9.30. The van der Waals surface area contributed by atoms with Crippen LogP contribution in [0.5, 0.6) is 5.75 Å². The third-order valence-electron chi connectivity index (χ3n) is 5.77. The van der Waals surface area contributed by atoms with Crippen molar-refractivity contribution in [2.45, 2.75) is 45.1 Å². The van der Waals surface area contributed by atoms with Crippen molar-refractivity contribution < 1.29 is 4.74 Å². The van der Waals surface area contributed by atoms with Gasteiger partial charge in [-0.05, 0) is 49.9 Å². The number of unbranched alkanes of at least 4 members (excludes halogenated alkanes) is 1. The first-order valence-electron chi connectivity index (χ1n) is 10.8. The molecule has 8 heteroatoms. The van der Waals surface area contributed by atoms with Crippen LogP contribution < -0.4 is 21.1 Å². The van der Waals surface area contributed by atoms with Crippen molar-refractivity contribution in [2.24, 2.45) is 0 Å². The molecule has 0 spiro atoms. The lowest BCUT2D eigenvalue weighted by Gasteiger charge is -2.24. The fourth-order valence-corrected chi connectivity index (χ4v) is 4.11. The molecule has 0 atom stereocenters. The van der Waals surface area contributed by atoms with Gasteiger partial charge >= 0.3 is 0 Å². The summed E-state index contributed by atoms with van der Waals surface area (Å²) in [5, 5.41) is 11.4. The molecule has 2 aromatic heterocycles. The van der Waals surface area contributed by atoms with Crippen molar-refractivity contribution in [1.82, 2.24) is 25.1 Å². The number of nitrogens with zero attached hydrogens (tertiary/aromatic N) is 4. The summed E-state index contributed by atoms with van der Waals surface area (Å²) in [6.45, 7) is 5.72. The van der Waals surface area contributed by atoms with E-state index in [0.717, 1.165) is 73.5 Å². The average Bonchev–Trinajstić information content (AvgIpc) is 3.17. The first kappa shape index (κ1) is 20.4. The molecule has 3 heterocycles. The Labute approximate surface area is 177 Å². The smallest absolute Gasteiger partial charge is 0.222 e. The maximum atomic E-state index is 5.90. The Morgan fingerprint density at radius 3 is 2.87 bits per heavy atom. The number of nitrogens with one attached hydrogen (secondary N) is 2. The van der Waals surface area contributed by atoms with Gasteiger partial charge < -0.3 is 21.1 Å². The second-order valence-electron chi connectivity index (χ2n) is 7.84. The molecule has 1 saturated heterocycles. The predicted octanol–water partition coefficient (Wildman–Crippen LogP) is 3.14. The number of rotatable bonds is 8. The summed E-state index contributed by atoms with van der Waals surface area (Å²) in [6.07, 6.45) is 6.24. The predicted molar refractivity (Wildman–Crippen MR) is 120 cm³/mol. The van der Waals surface area contributed by atoms with Crippen LogP contribution in [0.1, 0.15) is 49.7 Å². The van der Waals surface area contributed by atoms with Crippen LogP contribution >= 0.6 is 0 Å². The average molecular weight is 410 g/mol. The largest absolute Gasteiger partial charge is 0.496 e. The van der Waals surface area contributed by atoms with E-state index in [0.29, 0.717) is 12.5 Å². The van der Waals surface area contributed by atoms with Crippen molar-refractivity contribution in [3.63, 3.8) is 0 Å². The zero-order valence-corrected chi connectivity index (χ0v) is 17.8. The SMILES string of the molecule is CCCCNc1nc(N)nc2cnn(Cc3ccc(C4CCNCC4)cc3OC)c12. The van der Waals surface area contributed by atoms with Gasteiger partial charge in [0.25, 0.3) is 0 Å². The number of methoxy groups -OCH3 is 1. The van der Waals surface area contributed by atoms with Gasteiger partial charge in [-0.25, -0.2) is 4.98 Å². The van der Waals surface area contributed by atoms with E-state index in [9.17, 15) is 0 Å². The lowest BCUT2D eigenvalue weighted by molar-refractivity contribution is 0.404. The minimum absolute atomic E-state index is 0.255. The third kappa shape index (κ3) is 4.33. The minimum Gasteiger partial charge on any atom is -0.496 e. The van der Waals surface area contributed by atoms with Gasteiger partial charge in [-0.2, -0.15) is 10.1 Å². The molecule has 30 heavy (non-hydrogen) atoms. The van der Waals surface area contributed by atoms with Crippen molar-refractivity contribution in [3.8, 4) is 5.75 Å². The summed E-state index contributed by atoms with van der Waals surface area (Å²) in [5.41, 5.74) is 9.94. The summed E-state index contributed by atoms with van der Waals surface area (Å²) in [7, 11) is 1.73. The van der Waals surface area contributed by atoms with Crippen LogP contribution in [0, 0.1) is 0 Å². The zero-order valence-electron chi connectivity index (χ0n) is 17.8. The molecule has 1 fully saturated rings. The molecule has 3 aromatic rings. The van der Waals surface area contributed by atoms with E-state index in [2.05, 4.69) is 50.8 Å². The number of fused-ring (bicyclic) bond motifs is 1. The molecule has 0 bridgehead atoms. The number of nitrogens with two attached hydrogens (primary N) is 1. The molecule has 160 valence electrons. The standard InChI is InChI=1S/C22H31N7O/c1-3-4-9-25-21-20-18(27-22(23)28-21)13-26-29(20)14-17-6-5-16(12-19(17)30-2)15-7-10-24-11-8-15/h5-6,12-13,15,24H,3-4,7-11,14H2,1-2H3,(H3,23,25,27,28). The van der Waals surface area contributed by atoms with Crippen LogP contribution in [0.4, 0.5) is 11.8 Å². The Morgan fingerprint density at radius 2 is 2.10 bits per heavy atom. The molecular formula is C22H31N7O. The highest BCUT2D eigenvalue weighted by atomic mass is 16.5. The van der Waals surface area contributed by atoms with E-state index >= 15 is 0 Å². The summed E-state index contributed by atoms with van der Waals surface area (Å²) < 4.78 is 7.66. The summed E-state index contributed by atoms with van der Waals surface area (Å²) in [5.74, 6) is 2.47. The van der Waals surface area contributed by atoms with Crippen LogP contribution in [0.15, 0.2) is 24.4 Å². The van der Waals surface area contributed by atoms with E-state index < -0.39 is 0 Å². The number of hydrogen-bond donors (Lipinski definition) is 3. The van der Waals surface area contributed by atoms with Gasteiger partial charge in [0, 0.05) is 12.1 Å². The molecule has 0 unspecified atom stereocenters. The molecule has 0 radical (unpaired) electrons. The van der Waals surface area contributed by atoms with Gasteiger partial charge in [0.2, 0.25) is 5.95 Å². The molecule has 0 saturated carbocycles. The Balaban J connectivity index is 1.63. The van der Waals surface area contributed by atoms with Gasteiger partial charge in [-0.3, -0.25) is 4.68 Å². The minimum atomic E-state index is 0.255. The Hall–Kier alpha value is -2.87. The van der Waals surface area contributed by atoms with E-state index in [1.807, 2.05) is 4.68 Å². The molecule has 4 N–H and O–H groups in total. The highest BCUT2D eigenvalue weighted by molar-refractivity contribution is 5.86. The van der Waals surface area contributed by atoms with Crippen LogP contribution in [0.25, 0.3) is 11.0 Å². The fraction of sp³-hybridized carbons (Fsp3) is 0.500. The highest BCUT2D eigenvalue weighted by Gasteiger charge is 2.18. The summed E-state index contributed by atoms with van der Waals surface area (Å²) in [6, 6.07) is 6.58. The number of hydrogen-bond acceptors (Lipinski definition) is 7. The monoisotopic (exact) mass is 409 g/mol. The lowest BCUT2D eigenvalue weighted by Crippen LogP contribution is -2.26. The third-order valence-corrected chi connectivity index (χ3v) is 5.77.